The summed E-state index contributed by atoms with van der Waals surface area (Å²) in [6, 6.07) is 16.8. The highest BCUT2D eigenvalue weighted by Crippen LogP contribution is 2.35. The molecule has 0 aliphatic rings. The second-order valence-corrected chi connectivity index (χ2v) is 7.13. The number of carbonyl (C=O) groups is 1. The molecule has 8 heteroatoms. The van der Waals surface area contributed by atoms with E-state index < -0.39 is 6.09 Å². The third-order valence-electron chi connectivity index (χ3n) is 4.32. The minimum atomic E-state index is -0.532. The molecule has 0 aliphatic heterocycles. The number of hydrogen-bond donors (Lipinski definition) is 1. The van der Waals surface area contributed by atoms with Crippen LogP contribution in [0.25, 0.3) is 21.7 Å². The number of pyridine rings is 1. The Morgan fingerprint density at radius 1 is 1.07 bits per heavy atom. The van der Waals surface area contributed by atoms with E-state index in [1.165, 1.54) is 11.3 Å². The molecule has 1 N–H and O–H groups in total. The van der Waals surface area contributed by atoms with Crippen LogP contribution in [0.15, 0.2) is 72.5 Å². The van der Waals surface area contributed by atoms with Crippen molar-refractivity contribution in [3.05, 3.63) is 78.1 Å². The molecule has 0 aliphatic carbocycles. The third-order valence-corrected chi connectivity index (χ3v) is 5.06. The second-order valence-electron chi connectivity index (χ2n) is 6.30. The highest BCUT2D eigenvalue weighted by Gasteiger charge is 2.13. The summed E-state index contributed by atoms with van der Waals surface area (Å²) in [6.45, 7) is 0.385. The van der Waals surface area contributed by atoms with Crippen molar-refractivity contribution in [1.29, 1.82) is 0 Å². The number of hydrogen-bond acceptors (Lipinski definition) is 7. The van der Waals surface area contributed by atoms with Crippen LogP contribution in [0.2, 0.25) is 0 Å². The van der Waals surface area contributed by atoms with Crippen molar-refractivity contribution < 1.29 is 14.3 Å². The Balaban J connectivity index is 1.54. The SMILES string of the molecule is COc1ccc(OC(=O)NCc2ccccc2)cc1-c1cncc(-c2nncs2)c1. The van der Waals surface area contributed by atoms with Crippen molar-refractivity contribution in [2.45, 2.75) is 6.54 Å². The number of nitrogens with one attached hydrogen (secondary N) is 1. The van der Waals surface area contributed by atoms with Gasteiger partial charge < -0.3 is 14.8 Å². The third kappa shape index (κ3) is 4.61. The zero-order valence-corrected chi connectivity index (χ0v) is 16.9. The van der Waals surface area contributed by atoms with Crippen molar-refractivity contribution in [2.24, 2.45) is 0 Å². The zero-order chi connectivity index (χ0) is 20.8. The van der Waals surface area contributed by atoms with Gasteiger partial charge in [0, 0.05) is 35.6 Å². The first kappa shape index (κ1) is 19.5. The fourth-order valence-electron chi connectivity index (χ4n) is 2.89. The first-order chi connectivity index (χ1) is 14.7. The van der Waals surface area contributed by atoms with E-state index >= 15 is 0 Å². The molecule has 150 valence electrons. The maximum atomic E-state index is 12.2. The first-order valence-corrected chi connectivity index (χ1v) is 10.0. The van der Waals surface area contributed by atoms with Crippen LogP contribution in [-0.4, -0.2) is 28.4 Å². The van der Waals surface area contributed by atoms with Crippen LogP contribution in [0.3, 0.4) is 0 Å². The molecule has 4 rings (SSSR count). The normalized spacial score (nSPS) is 10.4. The molecule has 2 aromatic carbocycles. The monoisotopic (exact) mass is 418 g/mol. The number of rotatable bonds is 6. The number of amides is 1. The number of nitrogens with zero attached hydrogens (tertiary/aromatic N) is 3. The quantitative estimate of drug-likeness (QED) is 0.494. The van der Waals surface area contributed by atoms with Gasteiger partial charge in [0.2, 0.25) is 0 Å². The lowest BCUT2D eigenvalue weighted by Crippen LogP contribution is -2.26. The smallest absolute Gasteiger partial charge is 0.412 e. The van der Waals surface area contributed by atoms with Gasteiger partial charge in [0.15, 0.2) is 0 Å². The standard InChI is InChI=1S/C22H18N4O3S/c1-28-20-8-7-18(29-22(27)24-11-15-5-3-2-4-6-15)10-19(20)16-9-17(13-23-12-16)21-26-25-14-30-21/h2-10,12-14H,11H2,1H3,(H,24,27). The lowest BCUT2D eigenvalue weighted by atomic mass is 10.0. The van der Waals surface area contributed by atoms with Gasteiger partial charge in [-0.1, -0.05) is 41.7 Å². The topological polar surface area (TPSA) is 86.2 Å². The lowest BCUT2D eigenvalue weighted by molar-refractivity contribution is 0.200. The van der Waals surface area contributed by atoms with Crippen molar-refractivity contribution >= 4 is 17.4 Å². The molecular formula is C22H18N4O3S. The van der Waals surface area contributed by atoms with Crippen LogP contribution in [0.1, 0.15) is 5.56 Å². The summed E-state index contributed by atoms with van der Waals surface area (Å²) in [5.41, 5.74) is 5.08. The van der Waals surface area contributed by atoms with Gasteiger partial charge in [-0.25, -0.2) is 4.79 Å². The van der Waals surface area contributed by atoms with Crippen LogP contribution < -0.4 is 14.8 Å². The van der Waals surface area contributed by atoms with Gasteiger partial charge in [-0.2, -0.15) is 0 Å². The Hall–Kier alpha value is -3.78. The number of benzene rings is 2. The average molecular weight is 418 g/mol. The van der Waals surface area contributed by atoms with Gasteiger partial charge in [-0.15, -0.1) is 10.2 Å². The van der Waals surface area contributed by atoms with Crippen molar-refractivity contribution in [1.82, 2.24) is 20.5 Å². The van der Waals surface area contributed by atoms with E-state index in [1.54, 1.807) is 43.2 Å². The van der Waals surface area contributed by atoms with E-state index in [2.05, 4.69) is 20.5 Å². The van der Waals surface area contributed by atoms with Gasteiger partial charge in [0.05, 0.1) is 7.11 Å². The molecule has 0 unspecified atom stereocenters. The van der Waals surface area contributed by atoms with Crippen molar-refractivity contribution in [3.8, 4) is 33.2 Å². The van der Waals surface area contributed by atoms with E-state index in [1.807, 2.05) is 36.4 Å². The largest absolute Gasteiger partial charge is 0.496 e. The fourth-order valence-corrected chi connectivity index (χ4v) is 3.43. The average Bonchev–Trinajstić information content (AvgIpc) is 3.34. The van der Waals surface area contributed by atoms with Crippen LogP contribution in [0.4, 0.5) is 4.79 Å². The minimum absolute atomic E-state index is 0.385. The highest BCUT2D eigenvalue weighted by molar-refractivity contribution is 7.12. The summed E-state index contributed by atoms with van der Waals surface area (Å²) in [5.74, 6) is 1.04. The molecule has 2 aromatic heterocycles. The second kappa shape index (κ2) is 9.15. The van der Waals surface area contributed by atoms with Gasteiger partial charge in [-0.05, 0) is 29.8 Å². The summed E-state index contributed by atoms with van der Waals surface area (Å²) in [7, 11) is 1.59. The molecule has 0 bridgehead atoms. The molecule has 0 fully saturated rings. The summed E-state index contributed by atoms with van der Waals surface area (Å²) in [4.78, 5) is 16.5. The summed E-state index contributed by atoms with van der Waals surface area (Å²) in [6.07, 6.45) is 2.92. The maximum absolute atomic E-state index is 12.2. The lowest BCUT2D eigenvalue weighted by Gasteiger charge is -2.12. The molecule has 0 radical (unpaired) electrons. The maximum Gasteiger partial charge on any atom is 0.412 e. The molecule has 0 spiro atoms. The molecule has 0 atom stereocenters. The van der Waals surface area contributed by atoms with E-state index in [0.717, 1.165) is 27.3 Å². The predicted octanol–water partition coefficient (Wildman–Crippen LogP) is 4.56. The van der Waals surface area contributed by atoms with Crippen LogP contribution in [0, 0.1) is 0 Å². The van der Waals surface area contributed by atoms with E-state index in [-0.39, 0.29) is 0 Å². The van der Waals surface area contributed by atoms with Gasteiger partial charge >= 0.3 is 6.09 Å². The predicted molar refractivity (Wildman–Crippen MR) is 114 cm³/mol. The Labute approximate surface area is 177 Å². The summed E-state index contributed by atoms with van der Waals surface area (Å²) >= 11 is 1.43. The molecule has 0 saturated heterocycles. The van der Waals surface area contributed by atoms with Gasteiger partial charge in [0.1, 0.15) is 22.0 Å². The molecule has 0 saturated carbocycles. The highest BCUT2D eigenvalue weighted by atomic mass is 32.1. The van der Waals surface area contributed by atoms with Crippen LogP contribution in [-0.2, 0) is 6.54 Å². The summed E-state index contributed by atoms with van der Waals surface area (Å²) < 4.78 is 10.9. The zero-order valence-electron chi connectivity index (χ0n) is 16.1. The molecule has 4 aromatic rings. The Kier molecular flexibility index (Phi) is 5.95. The Morgan fingerprint density at radius 3 is 2.67 bits per heavy atom. The number of carbonyl (C=O) groups excluding carboxylic acids is 1. The molecule has 7 nitrogen and oxygen atoms in total. The summed E-state index contributed by atoms with van der Waals surface area (Å²) in [5, 5.41) is 11.5. The number of aromatic nitrogens is 3. The fraction of sp³-hybridized carbons (Fsp3) is 0.0909. The van der Waals surface area contributed by atoms with E-state index in [9.17, 15) is 4.79 Å². The van der Waals surface area contributed by atoms with E-state index in [0.29, 0.717) is 18.0 Å². The van der Waals surface area contributed by atoms with Crippen molar-refractivity contribution in [2.75, 3.05) is 7.11 Å². The van der Waals surface area contributed by atoms with Gasteiger partial charge in [0.25, 0.3) is 0 Å². The number of methoxy groups -OCH3 is 1. The molecular weight excluding hydrogens is 400 g/mol. The van der Waals surface area contributed by atoms with E-state index in [4.69, 9.17) is 9.47 Å². The Morgan fingerprint density at radius 2 is 1.90 bits per heavy atom. The van der Waals surface area contributed by atoms with Gasteiger partial charge in [-0.3, -0.25) is 4.98 Å². The molecule has 2 heterocycles. The molecule has 1 amide bonds. The molecule has 30 heavy (non-hydrogen) atoms. The number of ether oxygens (including phenoxy) is 2. The minimum Gasteiger partial charge on any atom is -0.496 e. The van der Waals surface area contributed by atoms with Crippen LogP contribution >= 0.6 is 11.3 Å². The Bertz CT molecular complexity index is 1130. The first-order valence-electron chi connectivity index (χ1n) is 9.12. The van der Waals surface area contributed by atoms with Crippen LogP contribution in [0.5, 0.6) is 11.5 Å². The van der Waals surface area contributed by atoms with Crippen molar-refractivity contribution in [3.63, 3.8) is 0 Å².